The number of likely N-dealkylation sites (tertiary alicyclic amines) is 1. The molecule has 1 saturated heterocycles. The Balaban J connectivity index is 1.94. The van der Waals surface area contributed by atoms with E-state index in [1.807, 2.05) is 6.92 Å². The summed E-state index contributed by atoms with van der Waals surface area (Å²) in [5.41, 5.74) is 0.0842. The molecule has 0 aromatic carbocycles. The predicted molar refractivity (Wildman–Crippen MR) is 72.1 cm³/mol. The highest BCUT2D eigenvalue weighted by Gasteiger charge is 2.42. The van der Waals surface area contributed by atoms with Gasteiger partial charge in [-0.05, 0) is 25.3 Å². The number of hydrogen-bond acceptors (Lipinski definition) is 3. The number of rotatable bonds is 4. The Bertz CT molecular complexity index is 472. The molecule has 0 aliphatic carbocycles. The number of hydrogen-bond donors (Lipinski definition) is 2. The van der Waals surface area contributed by atoms with Crippen LogP contribution in [0, 0.1) is 5.41 Å². The molecule has 0 radical (unpaired) electrons. The minimum Gasteiger partial charge on any atom is -0.481 e. The van der Waals surface area contributed by atoms with Gasteiger partial charge >= 0.3 is 12.0 Å². The monoisotopic (exact) mass is 280 g/mol. The van der Waals surface area contributed by atoms with Crippen molar-refractivity contribution in [3.63, 3.8) is 0 Å². The zero-order valence-corrected chi connectivity index (χ0v) is 11.6. The van der Waals surface area contributed by atoms with Crippen LogP contribution in [-0.4, -0.2) is 35.1 Å². The minimum atomic E-state index is -0.813. The number of nitrogens with one attached hydrogen (secondary N) is 1. The van der Waals surface area contributed by atoms with Crippen LogP contribution >= 0.6 is 0 Å². The zero-order valence-electron chi connectivity index (χ0n) is 11.6. The van der Waals surface area contributed by atoms with E-state index in [0.29, 0.717) is 25.9 Å². The van der Waals surface area contributed by atoms with E-state index >= 15 is 0 Å². The first-order valence-electron chi connectivity index (χ1n) is 6.84. The molecular weight excluding hydrogens is 260 g/mol. The fourth-order valence-electron chi connectivity index (χ4n) is 2.60. The van der Waals surface area contributed by atoms with E-state index in [1.165, 1.54) is 0 Å². The van der Waals surface area contributed by atoms with Crippen molar-refractivity contribution in [2.75, 3.05) is 13.1 Å². The second-order valence-corrected chi connectivity index (χ2v) is 5.25. The van der Waals surface area contributed by atoms with Gasteiger partial charge in [0.05, 0.1) is 17.9 Å². The Morgan fingerprint density at radius 3 is 2.95 bits per heavy atom. The number of nitrogens with zero attached hydrogens (tertiary/aromatic N) is 1. The molecule has 2 amide bonds. The Kier molecular flexibility index (Phi) is 4.32. The smallest absolute Gasteiger partial charge is 0.317 e. The lowest BCUT2D eigenvalue weighted by Gasteiger charge is -2.39. The van der Waals surface area contributed by atoms with E-state index in [2.05, 4.69) is 5.32 Å². The molecule has 1 aromatic heterocycles. The summed E-state index contributed by atoms with van der Waals surface area (Å²) in [4.78, 5) is 25.2. The van der Waals surface area contributed by atoms with Gasteiger partial charge in [0.15, 0.2) is 0 Å². The zero-order chi connectivity index (χ0) is 14.6. The highest BCUT2D eigenvalue weighted by atomic mass is 16.4. The van der Waals surface area contributed by atoms with Crippen molar-refractivity contribution >= 4 is 12.0 Å². The molecule has 6 nitrogen and oxygen atoms in total. The Hall–Kier alpha value is -1.98. The number of aliphatic carboxylic acids is 1. The van der Waals surface area contributed by atoms with Crippen LogP contribution in [0.5, 0.6) is 0 Å². The van der Waals surface area contributed by atoms with Gasteiger partial charge in [0.2, 0.25) is 0 Å². The SMILES string of the molecule is CCC1(C(=O)O)CCCN(C(=O)NCc2ccoc2)C1. The van der Waals surface area contributed by atoms with Crippen molar-refractivity contribution in [3.8, 4) is 0 Å². The molecule has 20 heavy (non-hydrogen) atoms. The molecule has 6 heteroatoms. The standard InChI is InChI=1S/C14H20N2O4/c1-2-14(12(17)18)5-3-6-16(10-14)13(19)15-8-11-4-7-20-9-11/h4,7,9H,2-3,5-6,8,10H2,1H3,(H,15,19)(H,17,18). The summed E-state index contributed by atoms with van der Waals surface area (Å²) < 4.78 is 4.93. The average Bonchev–Trinajstić information content (AvgIpc) is 2.97. The van der Waals surface area contributed by atoms with E-state index in [-0.39, 0.29) is 12.6 Å². The van der Waals surface area contributed by atoms with Crippen LogP contribution in [0.25, 0.3) is 0 Å². The van der Waals surface area contributed by atoms with Gasteiger partial charge in [-0.1, -0.05) is 6.92 Å². The molecule has 1 aromatic rings. The molecule has 2 N–H and O–H groups in total. The number of urea groups is 1. The lowest BCUT2D eigenvalue weighted by atomic mass is 9.78. The molecule has 1 atom stereocenters. The molecule has 110 valence electrons. The molecule has 2 rings (SSSR count). The third-order valence-corrected chi connectivity index (χ3v) is 4.02. The number of furan rings is 1. The topological polar surface area (TPSA) is 82.8 Å². The summed E-state index contributed by atoms with van der Waals surface area (Å²) in [6.45, 7) is 3.13. The van der Waals surface area contributed by atoms with Crippen LogP contribution in [0.15, 0.2) is 23.0 Å². The third kappa shape index (κ3) is 2.95. The average molecular weight is 280 g/mol. The van der Waals surface area contributed by atoms with Gasteiger partial charge in [-0.3, -0.25) is 4.79 Å². The van der Waals surface area contributed by atoms with Crippen LogP contribution < -0.4 is 5.32 Å². The van der Waals surface area contributed by atoms with Crippen molar-refractivity contribution < 1.29 is 19.1 Å². The van der Waals surface area contributed by atoms with Crippen LogP contribution in [-0.2, 0) is 11.3 Å². The minimum absolute atomic E-state index is 0.218. The van der Waals surface area contributed by atoms with Gasteiger partial charge < -0.3 is 19.7 Å². The molecule has 0 bridgehead atoms. The summed E-state index contributed by atoms with van der Waals surface area (Å²) in [7, 11) is 0. The molecule has 1 fully saturated rings. The quantitative estimate of drug-likeness (QED) is 0.884. The van der Waals surface area contributed by atoms with Gasteiger partial charge in [0.1, 0.15) is 0 Å². The summed E-state index contributed by atoms with van der Waals surface area (Å²) >= 11 is 0. The lowest BCUT2D eigenvalue weighted by Crippen LogP contribution is -2.52. The second-order valence-electron chi connectivity index (χ2n) is 5.25. The maximum absolute atomic E-state index is 12.1. The van der Waals surface area contributed by atoms with Crippen molar-refractivity contribution in [2.24, 2.45) is 5.41 Å². The first kappa shape index (κ1) is 14.4. The fourth-order valence-corrected chi connectivity index (χ4v) is 2.60. The summed E-state index contributed by atoms with van der Waals surface area (Å²) in [5, 5.41) is 12.2. The first-order chi connectivity index (χ1) is 9.57. The molecule has 0 spiro atoms. The Labute approximate surface area is 117 Å². The first-order valence-corrected chi connectivity index (χ1v) is 6.84. The number of carboxylic acids is 1. The third-order valence-electron chi connectivity index (χ3n) is 4.02. The van der Waals surface area contributed by atoms with Crippen molar-refractivity contribution in [1.82, 2.24) is 10.2 Å². The van der Waals surface area contributed by atoms with Crippen LogP contribution in [0.3, 0.4) is 0 Å². The summed E-state index contributed by atoms with van der Waals surface area (Å²) in [6.07, 6.45) is 5.01. The molecule has 0 saturated carbocycles. The number of piperidine rings is 1. The van der Waals surface area contributed by atoms with Gasteiger partial charge in [0, 0.05) is 25.2 Å². The van der Waals surface area contributed by atoms with E-state index in [1.54, 1.807) is 23.5 Å². The number of carbonyl (C=O) groups is 2. The highest BCUT2D eigenvalue weighted by Crippen LogP contribution is 2.33. The maximum atomic E-state index is 12.1. The second kappa shape index (κ2) is 5.98. The van der Waals surface area contributed by atoms with E-state index in [9.17, 15) is 14.7 Å². The van der Waals surface area contributed by atoms with Gasteiger partial charge in [-0.15, -0.1) is 0 Å². The number of carbonyl (C=O) groups excluding carboxylic acids is 1. The van der Waals surface area contributed by atoms with Crippen LogP contribution in [0.2, 0.25) is 0 Å². The van der Waals surface area contributed by atoms with Gasteiger partial charge in [-0.25, -0.2) is 4.79 Å². The summed E-state index contributed by atoms with van der Waals surface area (Å²) in [5.74, 6) is -0.813. The van der Waals surface area contributed by atoms with E-state index in [4.69, 9.17) is 4.42 Å². The molecule has 2 heterocycles. The van der Waals surface area contributed by atoms with Crippen LogP contribution in [0.1, 0.15) is 31.7 Å². The number of amides is 2. The Morgan fingerprint density at radius 1 is 1.55 bits per heavy atom. The predicted octanol–water partition coefficient (Wildman–Crippen LogP) is 2.07. The summed E-state index contributed by atoms with van der Waals surface area (Å²) in [6, 6.07) is 1.56. The molecule has 1 aliphatic rings. The molecule has 1 aliphatic heterocycles. The lowest BCUT2D eigenvalue weighted by molar-refractivity contribution is -0.152. The molecule has 1 unspecified atom stereocenters. The number of carboxylic acid groups (broad SMARTS) is 1. The van der Waals surface area contributed by atoms with Gasteiger partial charge in [0.25, 0.3) is 0 Å². The highest BCUT2D eigenvalue weighted by molar-refractivity contribution is 5.78. The van der Waals surface area contributed by atoms with Gasteiger partial charge in [-0.2, -0.15) is 0 Å². The fraction of sp³-hybridized carbons (Fsp3) is 0.571. The van der Waals surface area contributed by atoms with E-state index in [0.717, 1.165) is 12.0 Å². The van der Waals surface area contributed by atoms with Crippen molar-refractivity contribution in [1.29, 1.82) is 0 Å². The van der Waals surface area contributed by atoms with E-state index < -0.39 is 11.4 Å². The largest absolute Gasteiger partial charge is 0.481 e. The van der Waals surface area contributed by atoms with Crippen molar-refractivity contribution in [3.05, 3.63) is 24.2 Å². The Morgan fingerprint density at radius 2 is 2.35 bits per heavy atom. The molecular formula is C14H20N2O4. The maximum Gasteiger partial charge on any atom is 0.317 e. The normalized spacial score (nSPS) is 22.6. The van der Waals surface area contributed by atoms with Crippen molar-refractivity contribution in [2.45, 2.75) is 32.7 Å². The van der Waals surface area contributed by atoms with Crippen LogP contribution in [0.4, 0.5) is 4.79 Å².